The van der Waals surface area contributed by atoms with Gasteiger partial charge in [-0.15, -0.1) is 5.10 Å². The van der Waals surface area contributed by atoms with E-state index in [1.807, 2.05) is 30.3 Å². The second-order valence-electron chi connectivity index (χ2n) is 8.39. The summed E-state index contributed by atoms with van der Waals surface area (Å²) in [4.78, 5) is 21.6. The number of benzene rings is 4. The molecule has 166 valence electrons. The highest BCUT2D eigenvalue weighted by atomic mass is 16.7. The van der Waals surface area contributed by atoms with E-state index in [1.165, 1.54) is 16.8 Å². The molecule has 4 aromatic carbocycles. The lowest BCUT2D eigenvalue weighted by molar-refractivity contribution is 0.0409. The number of aromatic nitrogens is 3. The van der Waals surface area contributed by atoms with Crippen molar-refractivity contribution in [2.24, 2.45) is 0 Å². The highest BCUT2D eigenvalue weighted by Crippen LogP contribution is 2.27. The lowest BCUT2D eigenvalue weighted by Crippen LogP contribution is -2.30. The van der Waals surface area contributed by atoms with E-state index in [9.17, 15) is 4.79 Å². The minimum atomic E-state index is -0.483. The number of fused-ring (bicyclic) bond motifs is 2. The van der Waals surface area contributed by atoms with Gasteiger partial charge in [0.05, 0.1) is 5.56 Å². The van der Waals surface area contributed by atoms with Crippen molar-refractivity contribution in [3.05, 3.63) is 114 Å². The molecule has 0 aliphatic carbocycles. The molecular weight excluding hydrogens is 424 g/mol. The molecule has 5 aromatic rings. The van der Waals surface area contributed by atoms with Gasteiger partial charge in [-0.2, -0.15) is 0 Å². The van der Waals surface area contributed by atoms with Gasteiger partial charge >= 0.3 is 5.97 Å². The summed E-state index contributed by atoms with van der Waals surface area (Å²) in [6.07, 6.45) is 1.07. The molecule has 34 heavy (non-hydrogen) atoms. The molecule has 0 saturated heterocycles. The van der Waals surface area contributed by atoms with Crippen molar-refractivity contribution in [3.63, 3.8) is 0 Å². The zero-order valence-corrected chi connectivity index (χ0v) is 18.5. The molecule has 6 nitrogen and oxygen atoms in total. The Balaban J connectivity index is 1.15. The zero-order chi connectivity index (χ0) is 22.9. The maximum atomic E-state index is 12.6. The zero-order valence-electron chi connectivity index (χ0n) is 18.5. The Morgan fingerprint density at radius 2 is 1.44 bits per heavy atom. The van der Waals surface area contributed by atoms with Crippen molar-refractivity contribution in [1.82, 2.24) is 15.2 Å². The van der Waals surface area contributed by atoms with Crippen molar-refractivity contribution < 1.29 is 9.63 Å². The van der Waals surface area contributed by atoms with E-state index in [-0.39, 0.29) is 0 Å². The van der Waals surface area contributed by atoms with Gasteiger partial charge in [-0.3, -0.25) is 0 Å². The average molecular weight is 447 g/mol. The molecule has 1 aliphatic rings. The molecule has 0 unspecified atom stereocenters. The van der Waals surface area contributed by atoms with Gasteiger partial charge in [-0.05, 0) is 70.3 Å². The van der Waals surface area contributed by atoms with Gasteiger partial charge in [-0.25, -0.2) is 4.79 Å². The third kappa shape index (κ3) is 3.79. The van der Waals surface area contributed by atoms with Gasteiger partial charge in [0, 0.05) is 18.8 Å². The summed E-state index contributed by atoms with van der Waals surface area (Å²) in [5, 5.41) is 7.91. The SMILES string of the molecule is O=C(On1nnc2ccccc21)c1ccc(-c2ccc(N3CCc4ccccc4C3)cc2)cc1. The quantitative estimate of drug-likeness (QED) is 0.367. The lowest BCUT2D eigenvalue weighted by atomic mass is 9.99. The van der Waals surface area contributed by atoms with Crippen molar-refractivity contribution in [2.45, 2.75) is 13.0 Å². The van der Waals surface area contributed by atoms with Crippen LogP contribution in [-0.2, 0) is 13.0 Å². The van der Waals surface area contributed by atoms with Crippen LogP contribution < -0.4 is 9.74 Å². The van der Waals surface area contributed by atoms with Crippen LogP contribution >= 0.6 is 0 Å². The van der Waals surface area contributed by atoms with Crippen molar-refractivity contribution in [1.29, 1.82) is 0 Å². The number of para-hydroxylation sites is 1. The van der Waals surface area contributed by atoms with Gasteiger partial charge in [0.25, 0.3) is 0 Å². The monoisotopic (exact) mass is 446 g/mol. The first-order chi connectivity index (χ1) is 16.7. The first kappa shape index (κ1) is 20.2. The fourth-order valence-electron chi connectivity index (χ4n) is 4.43. The standard InChI is InChI=1S/C28H22N4O2/c33-28(34-32-27-8-4-3-7-26(27)29-30-32)23-11-9-21(10-12-23)22-13-15-25(16-14-22)31-18-17-20-5-1-2-6-24(20)19-31/h1-16H,17-19H2. The van der Waals surface area contributed by atoms with Crippen LogP contribution in [0.2, 0.25) is 0 Å². The van der Waals surface area contributed by atoms with Crippen LogP contribution in [0, 0.1) is 0 Å². The molecule has 6 rings (SSSR count). The largest absolute Gasteiger partial charge is 0.367 e. The van der Waals surface area contributed by atoms with E-state index in [2.05, 4.69) is 63.7 Å². The summed E-state index contributed by atoms with van der Waals surface area (Å²) in [5.74, 6) is -0.483. The van der Waals surface area contributed by atoms with Gasteiger partial charge in [0.2, 0.25) is 0 Å². The summed E-state index contributed by atoms with van der Waals surface area (Å²) in [6, 6.07) is 32.0. The number of carbonyl (C=O) groups excluding carboxylic acids is 1. The fourth-order valence-corrected chi connectivity index (χ4v) is 4.43. The Bertz CT molecular complexity index is 1470. The van der Waals surface area contributed by atoms with Crippen molar-refractivity contribution in [2.75, 3.05) is 11.4 Å². The Labute approximate surface area is 197 Å². The van der Waals surface area contributed by atoms with Crippen LogP contribution in [-0.4, -0.2) is 27.7 Å². The minimum Gasteiger partial charge on any atom is -0.367 e. The van der Waals surface area contributed by atoms with Gasteiger partial charge in [-0.1, -0.05) is 65.5 Å². The molecule has 0 saturated carbocycles. The number of hydrogen-bond donors (Lipinski definition) is 0. The second kappa shape index (κ2) is 8.48. The maximum absolute atomic E-state index is 12.6. The number of hydrogen-bond acceptors (Lipinski definition) is 5. The van der Waals surface area contributed by atoms with Gasteiger partial charge < -0.3 is 9.74 Å². The molecule has 6 heteroatoms. The minimum absolute atomic E-state index is 0.451. The predicted octanol–water partition coefficient (Wildman–Crippen LogP) is 4.93. The topological polar surface area (TPSA) is 60.3 Å². The van der Waals surface area contributed by atoms with Crippen LogP contribution in [0.25, 0.3) is 22.2 Å². The van der Waals surface area contributed by atoms with E-state index in [0.717, 1.165) is 35.5 Å². The lowest BCUT2D eigenvalue weighted by Gasteiger charge is -2.30. The van der Waals surface area contributed by atoms with Crippen LogP contribution in [0.4, 0.5) is 5.69 Å². The summed E-state index contributed by atoms with van der Waals surface area (Å²) in [7, 11) is 0. The number of carbonyl (C=O) groups is 1. The number of rotatable bonds is 4. The molecule has 0 bridgehead atoms. The Hall–Kier alpha value is -4.45. The molecule has 0 amide bonds. The molecular formula is C28H22N4O2. The van der Waals surface area contributed by atoms with Crippen LogP contribution in [0.3, 0.4) is 0 Å². The number of nitrogens with zero attached hydrogens (tertiary/aromatic N) is 4. The van der Waals surface area contributed by atoms with E-state index < -0.39 is 5.97 Å². The molecule has 0 spiro atoms. The first-order valence-electron chi connectivity index (χ1n) is 11.3. The fraction of sp³-hybridized carbons (Fsp3) is 0.107. The highest BCUT2D eigenvalue weighted by molar-refractivity contribution is 5.90. The number of anilines is 1. The molecule has 0 fully saturated rings. The Kier molecular flexibility index (Phi) is 5.03. The first-order valence-corrected chi connectivity index (χ1v) is 11.3. The van der Waals surface area contributed by atoms with Gasteiger partial charge in [0.1, 0.15) is 11.0 Å². The van der Waals surface area contributed by atoms with Crippen LogP contribution in [0.5, 0.6) is 0 Å². The van der Waals surface area contributed by atoms with Crippen LogP contribution in [0.15, 0.2) is 97.1 Å². The maximum Gasteiger partial charge on any atom is 0.365 e. The van der Waals surface area contributed by atoms with Crippen LogP contribution in [0.1, 0.15) is 21.5 Å². The van der Waals surface area contributed by atoms with E-state index >= 15 is 0 Å². The molecule has 0 radical (unpaired) electrons. The summed E-state index contributed by atoms with van der Waals surface area (Å²) in [5.41, 5.74) is 7.98. The van der Waals surface area contributed by atoms with E-state index in [1.54, 1.807) is 18.2 Å². The van der Waals surface area contributed by atoms with Crippen molar-refractivity contribution >= 4 is 22.7 Å². The van der Waals surface area contributed by atoms with E-state index in [4.69, 9.17) is 4.84 Å². The predicted molar refractivity (Wildman–Crippen MR) is 132 cm³/mol. The van der Waals surface area contributed by atoms with E-state index in [0.29, 0.717) is 16.6 Å². The van der Waals surface area contributed by atoms with Crippen molar-refractivity contribution in [3.8, 4) is 11.1 Å². The molecule has 1 aliphatic heterocycles. The highest BCUT2D eigenvalue weighted by Gasteiger charge is 2.16. The summed E-state index contributed by atoms with van der Waals surface area (Å²) >= 11 is 0. The summed E-state index contributed by atoms with van der Waals surface area (Å²) < 4.78 is 0. The molecule has 1 aromatic heterocycles. The third-order valence-corrected chi connectivity index (χ3v) is 6.31. The second-order valence-corrected chi connectivity index (χ2v) is 8.39. The van der Waals surface area contributed by atoms with Gasteiger partial charge in [0.15, 0.2) is 0 Å². The third-order valence-electron chi connectivity index (χ3n) is 6.31. The Morgan fingerprint density at radius 1 is 0.765 bits per heavy atom. The molecule has 0 atom stereocenters. The summed E-state index contributed by atoms with van der Waals surface area (Å²) in [6.45, 7) is 1.96. The Morgan fingerprint density at radius 3 is 2.24 bits per heavy atom. The molecule has 2 heterocycles. The smallest absolute Gasteiger partial charge is 0.365 e. The molecule has 0 N–H and O–H groups in total. The average Bonchev–Trinajstić information content (AvgIpc) is 3.31. The normalized spacial score (nSPS) is 13.0.